The molecule has 1 aliphatic carbocycles. The van der Waals surface area contributed by atoms with Crippen LogP contribution in [0, 0.1) is 23.7 Å². The zero-order chi connectivity index (χ0) is 22.4. The van der Waals surface area contributed by atoms with Crippen molar-refractivity contribution in [2.24, 2.45) is 23.7 Å². The third-order valence-electron chi connectivity index (χ3n) is 5.85. The lowest BCUT2D eigenvalue weighted by Crippen LogP contribution is -2.52. The Kier molecular flexibility index (Phi) is 7.28. The fraction of sp³-hybridized carbons (Fsp3) is 0.375. The fourth-order valence-electron chi connectivity index (χ4n) is 4.18. The minimum absolute atomic E-state index is 0.218. The molecule has 4 atom stereocenters. The molecule has 2 aromatic rings. The summed E-state index contributed by atoms with van der Waals surface area (Å²) in [7, 11) is 0. The highest BCUT2D eigenvalue weighted by atomic mass is 16.5. The van der Waals surface area contributed by atoms with Gasteiger partial charge in [0, 0.05) is 12.5 Å². The van der Waals surface area contributed by atoms with E-state index in [1.807, 2.05) is 61.5 Å². The molecule has 1 fully saturated rings. The molecular formula is C24H27NO6. The van der Waals surface area contributed by atoms with Crippen molar-refractivity contribution >= 4 is 17.8 Å². The first kappa shape index (κ1) is 22.3. The summed E-state index contributed by atoms with van der Waals surface area (Å²) in [6.07, 6.45) is 1.45. The third-order valence-corrected chi connectivity index (χ3v) is 5.85. The normalized spacial score (nSPS) is 20.9. The Morgan fingerprint density at radius 3 is 2.23 bits per heavy atom. The molecule has 3 rings (SSSR count). The molecule has 0 bridgehead atoms. The van der Waals surface area contributed by atoms with E-state index in [4.69, 9.17) is 4.74 Å². The van der Waals surface area contributed by atoms with Crippen LogP contribution in [0.4, 0.5) is 0 Å². The molecule has 164 valence electrons. The molecule has 0 saturated heterocycles. The van der Waals surface area contributed by atoms with Crippen LogP contribution in [0.1, 0.15) is 31.7 Å². The van der Waals surface area contributed by atoms with Crippen LogP contribution in [-0.4, -0.2) is 28.1 Å². The van der Waals surface area contributed by atoms with Gasteiger partial charge in [-0.05, 0) is 48.6 Å². The minimum Gasteiger partial charge on any atom is -0.481 e. The van der Waals surface area contributed by atoms with Crippen molar-refractivity contribution < 1.29 is 29.3 Å². The Hall–Kier alpha value is -3.35. The van der Waals surface area contributed by atoms with Crippen molar-refractivity contribution in [3.8, 4) is 11.5 Å². The average molecular weight is 425 g/mol. The van der Waals surface area contributed by atoms with E-state index < -0.39 is 35.6 Å². The lowest BCUT2D eigenvalue weighted by Gasteiger charge is -2.43. The Balaban J connectivity index is 1.59. The van der Waals surface area contributed by atoms with Crippen LogP contribution >= 0.6 is 0 Å². The number of hydrogen-bond acceptors (Lipinski definition) is 4. The molecule has 1 aliphatic rings. The highest BCUT2D eigenvalue weighted by Gasteiger charge is 2.53. The molecular weight excluding hydrogens is 398 g/mol. The summed E-state index contributed by atoms with van der Waals surface area (Å²) in [5.41, 5.74) is 0.885. The average Bonchev–Trinajstić information content (AvgIpc) is 2.72. The van der Waals surface area contributed by atoms with Crippen LogP contribution in [0.25, 0.3) is 0 Å². The Morgan fingerprint density at radius 2 is 1.65 bits per heavy atom. The van der Waals surface area contributed by atoms with Crippen molar-refractivity contribution in [1.29, 1.82) is 0 Å². The van der Waals surface area contributed by atoms with Crippen molar-refractivity contribution in [2.75, 3.05) is 0 Å². The van der Waals surface area contributed by atoms with Gasteiger partial charge in [0.05, 0.1) is 11.8 Å². The van der Waals surface area contributed by atoms with Gasteiger partial charge in [-0.25, -0.2) is 0 Å². The van der Waals surface area contributed by atoms with E-state index >= 15 is 0 Å². The standard InChI is InChI=1S/C24H27NO6/c1-2-6-18(19-13-20(23(27)28)21(19)24(29)30)22(26)25-14-15-9-11-17(12-10-15)31-16-7-4-3-5-8-16/h3-5,7-12,18-21H,2,6,13-14H2,1H3,(H,25,26)(H,27,28)(H,29,30). The first-order valence-corrected chi connectivity index (χ1v) is 10.5. The number of nitrogens with one attached hydrogen (secondary N) is 1. The van der Waals surface area contributed by atoms with Crippen LogP contribution in [-0.2, 0) is 20.9 Å². The molecule has 0 spiro atoms. The van der Waals surface area contributed by atoms with Gasteiger partial charge in [0.25, 0.3) is 0 Å². The molecule has 7 nitrogen and oxygen atoms in total. The topological polar surface area (TPSA) is 113 Å². The molecule has 31 heavy (non-hydrogen) atoms. The molecule has 1 saturated carbocycles. The molecule has 1 amide bonds. The van der Waals surface area contributed by atoms with E-state index in [2.05, 4.69) is 5.32 Å². The van der Waals surface area contributed by atoms with Gasteiger partial charge in [0.1, 0.15) is 11.5 Å². The summed E-state index contributed by atoms with van der Waals surface area (Å²) in [5.74, 6) is -3.98. The zero-order valence-electron chi connectivity index (χ0n) is 17.4. The first-order valence-electron chi connectivity index (χ1n) is 10.5. The quantitative estimate of drug-likeness (QED) is 0.532. The summed E-state index contributed by atoms with van der Waals surface area (Å²) >= 11 is 0. The number of carbonyl (C=O) groups excluding carboxylic acids is 1. The number of ether oxygens (including phenoxy) is 1. The second kappa shape index (κ2) is 10.1. The summed E-state index contributed by atoms with van der Waals surface area (Å²) in [4.78, 5) is 35.7. The summed E-state index contributed by atoms with van der Waals surface area (Å²) in [6.45, 7) is 2.23. The Bertz CT molecular complexity index is 911. The lowest BCUT2D eigenvalue weighted by molar-refractivity contribution is -0.170. The van der Waals surface area contributed by atoms with E-state index in [1.165, 1.54) is 0 Å². The van der Waals surface area contributed by atoms with E-state index in [1.54, 1.807) is 0 Å². The summed E-state index contributed by atoms with van der Waals surface area (Å²) in [6, 6.07) is 16.8. The molecule has 0 aliphatic heterocycles. The van der Waals surface area contributed by atoms with Gasteiger partial charge in [-0.3, -0.25) is 14.4 Å². The molecule has 0 aromatic heterocycles. The predicted molar refractivity (Wildman–Crippen MR) is 114 cm³/mol. The Morgan fingerprint density at radius 1 is 1.00 bits per heavy atom. The van der Waals surface area contributed by atoms with Crippen LogP contribution < -0.4 is 10.1 Å². The van der Waals surface area contributed by atoms with E-state index in [-0.39, 0.29) is 12.3 Å². The van der Waals surface area contributed by atoms with E-state index in [0.29, 0.717) is 25.1 Å². The number of carboxylic acids is 2. The molecule has 0 radical (unpaired) electrons. The molecule has 2 aromatic carbocycles. The number of carbonyl (C=O) groups is 3. The largest absolute Gasteiger partial charge is 0.481 e. The summed E-state index contributed by atoms with van der Waals surface area (Å²) < 4.78 is 5.76. The van der Waals surface area contributed by atoms with Crippen molar-refractivity contribution in [1.82, 2.24) is 5.32 Å². The minimum atomic E-state index is -1.15. The number of para-hydroxylation sites is 1. The fourth-order valence-corrected chi connectivity index (χ4v) is 4.18. The number of rotatable bonds is 10. The van der Waals surface area contributed by atoms with Gasteiger partial charge in [-0.2, -0.15) is 0 Å². The van der Waals surface area contributed by atoms with Gasteiger partial charge in [0.2, 0.25) is 5.91 Å². The van der Waals surface area contributed by atoms with E-state index in [0.717, 1.165) is 11.3 Å². The number of amides is 1. The van der Waals surface area contributed by atoms with Gasteiger partial charge in [-0.15, -0.1) is 0 Å². The van der Waals surface area contributed by atoms with E-state index in [9.17, 15) is 24.6 Å². The molecule has 0 heterocycles. The highest BCUT2D eigenvalue weighted by Crippen LogP contribution is 2.46. The van der Waals surface area contributed by atoms with Gasteiger partial charge in [0.15, 0.2) is 0 Å². The molecule has 3 N–H and O–H groups in total. The number of carboxylic acid groups (broad SMARTS) is 2. The second-order valence-corrected chi connectivity index (χ2v) is 7.88. The number of benzene rings is 2. The lowest BCUT2D eigenvalue weighted by atomic mass is 9.59. The van der Waals surface area contributed by atoms with Crippen LogP contribution in [0.5, 0.6) is 11.5 Å². The second-order valence-electron chi connectivity index (χ2n) is 7.88. The van der Waals surface area contributed by atoms with Crippen LogP contribution in [0.3, 0.4) is 0 Å². The van der Waals surface area contributed by atoms with Crippen LogP contribution in [0.15, 0.2) is 54.6 Å². The molecule has 7 heteroatoms. The maximum absolute atomic E-state index is 12.8. The maximum atomic E-state index is 12.8. The summed E-state index contributed by atoms with van der Waals surface area (Å²) in [5, 5.41) is 21.6. The number of hydrogen-bond donors (Lipinski definition) is 3. The van der Waals surface area contributed by atoms with Gasteiger partial charge >= 0.3 is 11.9 Å². The molecule has 4 unspecified atom stereocenters. The Labute approximate surface area is 181 Å². The van der Waals surface area contributed by atoms with Crippen LogP contribution in [0.2, 0.25) is 0 Å². The third kappa shape index (κ3) is 5.42. The number of aliphatic carboxylic acids is 2. The van der Waals surface area contributed by atoms with Crippen molar-refractivity contribution in [3.05, 3.63) is 60.2 Å². The highest BCUT2D eigenvalue weighted by molar-refractivity contribution is 5.85. The van der Waals surface area contributed by atoms with Gasteiger partial charge < -0.3 is 20.3 Å². The first-order chi connectivity index (χ1) is 14.9. The van der Waals surface area contributed by atoms with Crippen molar-refractivity contribution in [3.63, 3.8) is 0 Å². The van der Waals surface area contributed by atoms with Gasteiger partial charge in [-0.1, -0.05) is 43.7 Å². The monoisotopic (exact) mass is 425 g/mol. The smallest absolute Gasteiger partial charge is 0.307 e. The van der Waals surface area contributed by atoms with Crippen molar-refractivity contribution in [2.45, 2.75) is 32.7 Å². The predicted octanol–water partition coefficient (Wildman–Crippen LogP) is 3.93. The SMILES string of the molecule is CCCC(C(=O)NCc1ccc(Oc2ccccc2)cc1)C1CC(C(=O)O)C1C(=O)O. The zero-order valence-corrected chi connectivity index (χ0v) is 17.4. The maximum Gasteiger partial charge on any atom is 0.307 e.